The highest BCUT2D eigenvalue weighted by Gasteiger charge is 2.33. The van der Waals surface area contributed by atoms with Crippen molar-refractivity contribution in [3.05, 3.63) is 94.2 Å². The monoisotopic (exact) mass is 643 g/mol. The van der Waals surface area contributed by atoms with E-state index in [0.717, 1.165) is 64.1 Å². The van der Waals surface area contributed by atoms with E-state index < -0.39 is 34.3 Å². The van der Waals surface area contributed by atoms with Crippen molar-refractivity contribution in [1.82, 2.24) is 10.2 Å². The van der Waals surface area contributed by atoms with Gasteiger partial charge in [-0.3, -0.25) is 13.9 Å². The van der Waals surface area contributed by atoms with Crippen molar-refractivity contribution in [3.8, 4) is 0 Å². The molecule has 7 nitrogen and oxygen atoms in total. The maximum Gasteiger partial charge on any atom is 0.264 e. The van der Waals surface area contributed by atoms with E-state index in [-0.39, 0.29) is 29.1 Å². The van der Waals surface area contributed by atoms with Crippen LogP contribution in [-0.2, 0) is 26.2 Å². The summed E-state index contributed by atoms with van der Waals surface area (Å²) in [5.74, 6) is -1.37. The van der Waals surface area contributed by atoms with Crippen molar-refractivity contribution in [2.45, 2.75) is 69.5 Å². The number of halogens is 2. The number of aryl methyl sites for hydroxylation is 1. The van der Waals surface area contributed by atoms with Gasteiger partial charge in [-0.2, -0.15) is 0 Å². The lowest BCUT2D eigenvalue weighted by Crippen LogP contribution is -2.53. The molecule has 0 unspecified atom stereocenters. The van der Waals surface area contributed by atoms with Gasteiger partial charge in [0.15, 0.2) is 0 Å². The van der Waals surface area contributed by atoms with Gasteiger partial charge in [0.25, 0.3) is 10.0 Å². The molecule has 10 heteroatoms. The van der Waals surface area contributed by atoms with Crippen LogP contribution in [0.5, 0.6) is 0 Å². The maximum absolute atomic E-state index is 14.0. The molecule has 218 valence electrons. The molecule has 0 spiro atoms. The zero-order chi connectivity index (χ0) is 29.6. The molecule has 2 amide bonds. The van der Waals surface area contributed by atoms with Gasteiger partial charge in [-0.1, -0.05) is 65.0 Å². The Labute approximate surface area is 249 Å². The molecule has 0 aliphatic heterocycles. The molecule has 1 aliphatic rings. The van der Waals surface area contributed by atoms with E-state index in [0.29, 0.717) is 0 Å². The SMILES string of the molecule is Cc1ccc(S(=O)(=O)N(CC(=O)N(Cc2cccc(Br)c2)[C@@H](C)C(=O)NC2CCCCC2)c2ccc(F)cc2)cc1. The van der Waals surface area contributed by atoms with Crippen molar-refractivity contribution < 1.29 is 22.4 Å². The number of nitrogens with zero attached hydrogens (tertiary/aromatic N) is 2. The molecule has 0 aromatic heterocycles. The second-order valence-electron chi connectivity index (χ2n) is 10.5. The number of hydrogen-bond donors (Lipinski definition) is 1. The van der Waals surface area contributed by atoms with Crippen LogP contribution in [0, 0.1) is 12.7 Å². The van der Waals surface area contributed by atoms with Gasteiger partial charge in [-0.15, -0.1) is 0 Å². The lowest BCUT2D eigenvalue weighted by molar-refractivity contribution is -0.139. The highest BCUT2D eigenvalue weighted by Crippen LogP contribution is 2.26. The van der Waals surface area contributed by atoms with Crippen molar-refractivity contribution in [2.75, 3.05) is 10.8 Å². The van der Waals surface area contributed by atoms with Gasteiger partial charge in [0.1, 0.15) is 18.4 Å². The average molecular weight is 645 g/mol. The van der Waals surface area contributed by atoms with Crippen LogP contribution in [0.4, 0.5) is 10.1 Å². The van der Waals surface area contributed by atoms with Crippen molar-refractivity contribution in [2.24, 2.45) is 0 Å². The fourth-order valence-electron chi connectivity index (χ4n) is 4.96. The van der Waals surface area contributed by atoms with Crippen LogP contribution in [0.1, 0.15) is 50.2 Å². The quantitative estimate of drug-likeness (QED) is 0.295. The molecule has 1 atom stereocenters. The summed E-state index contributed by atoms with van der Waals surface area (Å²) in [5, 5.41) is 3.09. The van der Waals surface area contributed by atoms with Gasteiger partial charge in [0.2, 0.25) is 11.8 Å². The number of rotatable bonds is 10. The largest absolute Gasteiger partial charge is 0.352 e. The smallest absolute Gasteiger partial charge is 0.264 e. The fourth-order valence-corrected chi connectivity index (χ4v) is 6.82. The number of carbonyl (C=O) groups excluding carboxylic acids is 2. The lowest BCUT2D eigenvalue weighted by Gasteiger charge is -2.33. The number of nitrogens with one attached hydrogen (secondary N) is 1. The van der Waals surface area contributed by atoms with Crippen LogP contribution in [0.3, 0.4) is 0 Å². The summed E-state index contributed by atoms with van der Waals surface area (Å²) in [6.45, 7) is 3.03. The van der Waals surface area contributed by atoms with Crippen LogP contribution >= 0.6 is 15.9 Å². The predicted molar refractivity (Wildman–Crippen MR) is 161 cm³/mol. The van der Waals surface area contributed by atoms with Gasteiger partial charge in [0.05, 0.1) is 10.6 Å². The number of carbonyl (C=O) groups is 2. The molecule has 3 aromatic rings. The first kappa shape index (κ1) is 30.7. The van der Waals surface area contributed by atoms with Gasteiger partial charge in [-0.05, 0) is 80.8 Å². The van der Waals surface area contributed by atoms with Gasteiger partial charge >= 0.3 is 0 Å². The van der Waals surface area contributed by atoms with Gasteiger partial charge < -0.3 is 10.2 Å². The first-order valence-corrected chi connectivity index (χ1v) is 16.0. The zero-order valence-corrected chi connectivity index (χ0v) is 25.6. The molecule has 0 saturated heterocycles. The summed E-state index contributed by atoms with van der Waals surface area (Å²) in [4.78, 5) is 28.8. The minimum atomic E-state index is -4.21. The minimum Gasteiger partial charge on any atom is -0.352 e. The maximum atomic E-state index is 14.0. The molecule has 0 bridgehead atoms. The molecule has 0 radical (unpaired) electrons. The number of benzene rings is 3. The Balaban J connectivity index is 1.67. The van der Waals surface area contributed by atoms with E-state index >= 15 is 0 Å². The number of hydrogen-bond acceptors (Lipinski definition) is 4. The summed E-state index contributed by atoms with van der Waals surface area (Å²) in [7, 11) is -4.21. The Kier molecular flexibility index (Phi) is 10.2. The average Bonchev–Trinajstić information content (AvgIpc) is 2.95. The Morgan fingerprint density at radius 2 is 1.66 bits per heavy atom. The highest BCUT2D eigenvalue weighted by molar-refractivity contribution is 9.10. The molecular weight excluding hydrogens is 609 g/mol. The predicted octanol–water partition coefficient (Wildman–Crippen LogP) is 5.96. The first-order chi connectivity index (χ1) is 19.5. The third-order valence-corrected chi connectivity index (χ3v) is 9.64. The number of amides is 2. The molecule has 1 saturated carbocycles. The normalized spacial score (nSPS) is 14.7. The molecule has 1 fully saturated rings. The van der Waals surface area contributed by atoms with Crippen molar-refractivity contribution in [1.29, 1.82) is 0 Å². The van der Waals surface area contributed by atoms with E-state index in [4.69, 9.17) is 0 Å². The van der Waals surface area contributed by atoms with Crippen LogP contribution in [0.25, 0.3) is 0 Å². The lowest BCUT2D eigenvalue weighted by atomic mass is 9.95. The summed E-state index contributed by atoms with van der Waals surface area (Å²) < 4.78 is 43.2. The third kappa shape index (κ3) is 7.95. The summed E-state index contributed by atoms with van der Waals surface area (Å²) in [6.07, 6.45) is 5.02. The van der Waals surface area contributed by atoms with Gasteiger partial charge in [-0.25, -0.2) is 12.8 Å². The Hall–Kier alpha value is -3.24. The zero-order valence-electron chi connectivity index (χ0n) is 23.2. The van der Waals surface area contributed by atoms with E-state index in [9.17, 15) is 22.4 Å². The topological polar surface area (TPSA) is 86.8 Å². The fraction of sp³-hybridized carbons (Fsp3) is 0.355. The van der Waals surface area contributed by atoms with E-state index in [2.05, 4.69) is 21.2 Å². The van der Waals surface area contributed by atoms with Crippen LogP contribution in [0.15, 0.2) is 82.2 Å². The van der Waals surface area contributed by atoms with Crippen molar-refractivity contribution in [3.63, 3.8) is 0 Å². The third-order valence-electron chi connectivity index (χ3n) is 7.36. The molecule has 41 heavy (non-hydrogen) atoms. The Bertz CT molecular complexity index is 1460. The first-order valence-electron chi connectivity index (χ1n) is 13.7. The Morgan fingerprint density at radius 3 is 2.29 bits per heavy atom. The van der Waals surface area contributed by atoms with E-state index in [1.165, 1.54) is 29.2 Å². The second-order valence-corrected chi connectivity index (χ2v) is 13.3. The van der Waals surface area contributed by atoms with Crippen LogP contribution < -0.4 is 9.62 Å². The molecular formula is C31H35BrFN3O4S. The molecule has 0 heterocycles. The molecule has 1 N–H and O–H groups in total. The van der Waals surface area contributed by atoms with Crippen LogP contribution in [0.2, 0.25) is 0 Å². The molecule has 3 aromatic carbocycles. The minimum absolute atomic E-state index is 0.00172. The van der Waals surface area contributed by atoms with Crippen molar-refractivity contribution >= 4 is 43.5 Å². The Morgan fingerprint density at radius 1 is 1.00 bits per heavy atom. The summed E-state index contributed by atoms with van der Waals surface area (Å²) in [5.41, 5.74) is 1.80. The summed E-state index contributed by atoms with van der Waals surface area (Å²) in [6, 6.07) is 17.8. The second kappa shape index (κ2) is 13.6. The molecule has 4 rings (SSSR count). The highest BCUT2D eigenvalue weighted by atomic mass is 79.9. The molecule has 1 aliphatic carbocycles. The summed E-state index contributed by atoms with van der Waals surface area (Å²) >= 11 is 3.45. The van der Waals surface area contributed by atoms with E-state index in [1.54, 1.807) is 19.1 Å². The number of anilines is 1. The van der Waals surface area contributed by atoms with Gasteiger partial charge in [0, 0.05) is 17.1 Å². The standard InChI is InChI=1S/C31H35BrFN3O4S/c1-22-11-17-29(18-12-22)41(39,40)36(28-15-13-26(33)14-16-28)21-30(37)35(20-24-7-6-8-25(32)19-24)23(2)31(38)34-27-9-4-3-5-10-27/h6-8,11-19,23,27H,3-5,9-10,20-21H2,1-2H3,(H,34,38)/t23-/m0/s1. The van der Waals surface area contributed by atoms with E-state index in [1.807, 2.05) is 31.2 Å². The number of sulfonamides is 1. The van der Waals surface area contributed by atoms with Crippen LogP contribution in [-0.4, -0.2) is 43.8 Å².